The van der Waals surface area contributed by atoms with Crippen LogP contribution in [0.3, 0.4) is 0 Å². The predicted molar refractivity (Wildman–Crippen MR) is 72.7 cm³/mol. The Balaban J connectivity index is 1.91. The van der Waals surface area contributed by atoms with Crippen molar-refractivity contribution in [3.63, 3.8) is 0 Å². The van der Waals surface area contributed by atoms with Crippen molar-refractivity contribution in [2.45, 2.75) is 39.7 Å². The molecule has 4 nitrogen and oxygen atoms in total. The van der Waals surface area contributed by atoms with Crippen molar-refractivity contribution < 1.29 is 4.79 Å². The van der Waals surface area contributed by atoms with E-state index in [1.54, 1.807) is 12.3 Å². The fourth-order valence-electron chi connectivity index (χ4n) is 1.85. The molecule has 4 heteroatoms. The number of carbonyl (C=O) groups is 1. The molecule has 1 heterocycles. The Morgan fingerprint density at radius 3 is 2.72 bits per heavy atom. The first-order valence-corrected chi connectivity index (χ1v) is 6.54. The number of carbonyl (C=O) groups excluding carboxylic acids is 1. The molecule has 98 valence electrons. The van der Waals surface area contributed by atoms with E-state index in [-0.39, 0.29) is 11.3 Å². The number of rotatable bonds is 5. The van der Waals surface area contributed by atoms with Crippen LogP contribution >= 0.6 is 0 Å². The summed E-state index contributed by atoms with van der Waals surface area (Å²) < 4.78 is 0. The standard InChI is InChI=1S/C14H21N3O/c1-4-7-15-10-5-6-11(16-9-10)13(18)17-12-8-14(12,2)3/h5-6,9,12,15H,4,7-8H2,1-3H3,(H,17,18). The van der Waals surface area contributed by atoms with E-state index in [0.29, 0.717) is 11.7 Å². The maximum atomic E-state index is 11.9. The number of nitrogens with one attached hydrogen (secondary N) is 2. The fraction of sp³-hybridized carbons (Fsp3) is 0.571. The summed E-state index contributed by atoms with van der Waals surface area (Å²) in [6.45, 7) is 7.34. The minimum Gasteiger partial charge on any atom is -0.384 e. The summed E-state index contributed by atoms with van der Waals surface area (Å²) in [7, 11) is 0. The van der Waals surface area contributed by atoms with Crippen LogP contribution in [0, 0.1) is 5.41 Å². The zero-order chi connectivity index (χ0) is 13.2. The first-order valence-electron chi connectivity index (χ1n) is 6.54. The van der Waals surface area contributed by atoms with Gasteiger partial charge >= 0.3 is 0 Å². The molecule has 1 fully saturated rings. The van der Waals surface area contributed by atoms with Gasteiger partial charge in [-0.3, -0.25) is 4.79 Å². The molecule has 18 heavy (non-hydrogen) atoms. The summed E-state index contributed by atoms with van der Waals surface area (Å²) >= 11 is 0. The lowest BCUT2D eigenvalue weighted by molar-refractivity contribution is 0.0941. The summed E-state index contributed by atoms with van der Waals surface area (Å²) in [5.41, 5.74) is 1.69. The Labute approximate surface area is 108 Å². The second-order valence-electron chi connectivity index (χ2n) is 5.58. The SMILES string of the molecule is CCCNc1ccc(C(=O)NC2CC2(C)C)nc1. The van der Waals surface area contributed by atoms with Crippen molar-refractivity contribution in [3.05, 3.63) is 24.0 Å². The van der Waals surface area contributed by atoms with Gasteiger partial charge in [0.15, 0.2) is 0 Å². The van der Waals surface area contributed by atoms with E-state index in [1.165, 1.54) is 0 Å². The minimum absolute atomic E-state index is 0.0763. The molecule has 0 radical (unpaired) electrons. The minimum atomic E-state index is -0.0763. The smallest absolute Gasteiger partial charge is 0.270 e. The van der Waals surface area contributed by atoms with E-state index >= 15 is 0 Å². The van der Waals surface area contributed by atoms with Gasteiger partial charge in [-0.2, -0.15) is 0 Å². The average Bonchev–Trinajstić information content (AvgIpc) is 2.94. The van der Waals surface area contributed by atoms with Crippen LogP contribution in [0.5, 0.6) is 0 Å². The largest absolute Gasteiger partial charge is 0.384 e. The van der Waals surface area contributed by atoms with E-state index in [9.17, 15) is 4.79 Å². The maximum absolute atomic E-state index is 11.9. The molecule has 1 unspecified atom stereocenters. The lowest BCUT2D eigenvalue weighted by atomic mass is 10.2. The monoisotopic (exact) mass is 247 g/mol. The third-order valence-corrected chi connectivity index (χ3v) is 3.39. The molecular weight excluding hydrogens is 226 g/mol. The van der Waals surface area contributed by atoms with Crippen molar-refractivity contribution in [2.24, 2.45) is 5.41 Å². The number of aromatic nitrogens is 1. The zero-order valence-corrected chi connectivity index (χ0v) is 11.3. The number of anilines is 1. The van der Waals surface area contributed by atoms with Gasteiger partial charge in [0.05, 0.1) is 11.9 Å². The third-order valence-electron chi connectivity index (χ3n) is 3.39. The summed E-state index contributed by atoms with van der Waals surface area (Å²) in [5, 5.41) is 6.23. The number of pyridine rings is 1. The van der Waals surface area contributed by atoms with E-state index in [1.807, 2.05) is 6.07 Å². The van der Waals surface area contributed by atoms with E-state index < -0.39 is 0 Å². The first kappa shape index (κ1) is 12.9. The fourth-order valence-corrected chi connectivity index (χ4v) is 1.85. The normalized spacial score (nSPS) is 20.3. The highest BCUT2D eigenvalue weighted by Gasteiger charge is 2.46. The van der Waals surface area contributed by atoms with E-state index in [0.717, 1.165) is 25.1 Å². The average molecular weight is 247 g/mol. The van der Waals surface area contributed by atoms with Crippen LogP contribution in [0.2, 0.25) is 0 Å². The van der Waals surface area contributed by atoms with Gasteiger partial charge in [0.1, 0.15) is 5.69 Å². The maximum Gasteiger partial charge on any atom is 0.270 e. The molecular formula is C14H21N3O. The lowest BCUT2D eigenvalue weighted by Gasteiger charge is -2.07. The van der Waals surface area contributed by atoms with Gasteiger partial charge in [-0.15, -0.1) is 0 Å². The van der Waals surface area contributed by atoms with Crippen LogP contribution < -0.4 is 10.6 Å². The second kappa shape index (κ2) is 4.96. The van der Waals surface area contributed by atoms with Gasteiger partial charge < -0.3 is 10.6 Å². The molecule has 1 amide bonds. The number of amides is 1. The molecule has 1 aliphatic rings. The van der Waals surface area contributed by atoms with E-state index in [4.69, 9.17) is 0 Å². The Morgan fingerprint density at radius 1 is 1.50 bits per heavy atom. The van der Waals surface area contributed by atoms with Crippen LogP contribution in [0.25, 0.3) is 0 Å². The van der Waals surface area contributed by atoms with E-state index in [2.05, 4.69) is 36.4 Å². The predicted octanol–water partition coefficient (Wildman–Crippen LogP) is 2.43. The quantitative estimate of drug-likeness (QED) is 0.840. The van der Waals surface area contributed by atoms with Crippen molar-refractivity contribution in [2.75, 3.05) is 11.9 Å². The van der Waals surface area contributed by atoms with Crippen molar-refractivity contribution in [3.8, 4) is 0 Å². The molecule has 2 rings (SSSR count). The lowest BCUT2D eigenvalue weighted by Crippen LogP contribution is -2.29. The summed E-state index contributed by atoms with van der Waals surface area (Å²) in [5.74, 6) is -0.0763. The molecule has 1 atom stereocenters. The molecule has 0 saturated heterocycles. The van der Waals surface area contributed by atoms with Crippen molar-refractivity contribution >= 4 is 11.6 Å². The molecule has 1 aromatic rings. The molecule has 2 N–H and O–H groups in total. The Hall–Kier alpha value is -1.58. The van der Waals surface area contributed by atoms with Gasteiger partial charge in [-0.25, -0.2) is 4.98 Å². The second-order valence-corrected chi connectivity index (χ2v) is 5.58. The molecule has 0 aromatic carbocycles. The molecule has 0 bridgehead atoms. The number of hydrogen-bond donors (Lipinski definition) is 2. The highest BCUT2D eigenvalue weighted by molar-refractivity contribution is 5.92. The molecule has 1 aliphatic carbocycles. The first-order chi connectivity index (χ1) is 8.53. The number of hydrogen-bond acceptors (Lipinski definition) is 3. The highest BCUT2D eigenvalue weighted by Crippen LogP contribution is 2.44. The Bertz CT molecular complexity index is 425. The highest BCUT2D eigenvalue weighted by atomic mass is 16.2. The summed E-state index contributed by atoms with van der Waals surface area (Å²) in [6.07, 6.45) is 3.83. The number of nitrogens with zero attached hydrogens (tertiary/aromatic N) is 1. The third kappa shape index (κ3) is 3.00. The topological polar surface area (TPSA) is 54.0 Å². The van der Waals surface area contributed by atoms with Crippen LogP contribution in [0.1, 0.15) is 44.1 Å². The Morgan fingerprint density at radius 2 is 2.22 bits per heavy atom. The van der Waals surface area contributed by atoms with Gasteiger partial charge in [0.2, 0.25) is 0 Å². The zero-order valence-electron chi connectivity index (χ0n) is 11.3. The van der Waals surface area contributed by atoms with Crippen LogP contribution in [0.15, 0.2) is 18.3 Å². The van der Waals surface area contributed by atoms with Crippen LogP contribution in [0.4, 0.5) is 5.69 Å². The van der Waals surface area contributed by atoms with Gasteiger partial charge in [0.25, 0.3) is 5.91 Å². The summed E-state index contributed by atoms with van der Waals surface area (Å²) in [6, 6.07) is 3.96. The van der Waals surface area contributed by atoms with Crippen LogP contribution in [-0.4, -0.2) is 23.5 Å². The molecule has 1 aromatic heterocycles. The van der Waals surface area contributed by atoms with Gasteiger partial charge in [0, 0.05) is 12.6 Å². The van der Waals surface area contributed by atoms with Crippen molar-refractivity contribution in [1.29, 1.82) is 0 Å². The molecule has 1 saturated carbocycles. The van der Waals surface area contributed by atoms with Crippen molar-refractivity contribution in [1.82, 2.24) is 10.3 Å². The van der Waals surface area contributed by atoms with Crippen LogP contribution in [-0.2, 0) is 0 Å². The van der Waals surface area contributed by atoms with Gasteiger partial charge in [-0.1, -0.05) is 20.8 Å². The van der Waals surface area contributed by atoms with Gasteiger partial charge in [-0.05, 0) is 30.4 Å². The molecule has 0 aliphatic heterocycles. The Kier molecular flexibility index (Phi) is 3.55. The summed E-state index contributed by atoms with van der Waals surface area (Å²) in [4.78, 5) is 16.1. The molecule has 0 spiro atoms.